The van der Waals surface area contributed by atoms with Gasteiger partial charge in [-0.1, -0.05) is 35.9 Å². The van der Waals surface area contributed by atoms with Crippen molar-refractivity contribution in [2.75, 3.05) is 13.2 Å². The number of ether oxygens (including phenoxy) is 1. The van der Waals surface area contributed by atoms with Gasteiger partial charge in [0.05, 0.1) is 23.0 Å². The second-order valence-electron chi connectivity index (χ2n) is 7.38. The number of aromatic nitrogens is 5. The van der Waals surface area contributed by atoms with E-state index in [1.807, 2.05) is 41.1 Å². The molecule has 4 aromatic rings. The second kappa shape index (κ2) is 8.01. The number of fused-ring (bicyclic) bond motifs is 1. The van der Waals surface area contributed by atoms with E-state index in [2.05, 4.69) is 15.1 Å². The molecule has 5 rings (SSSR count). The fraction of sp³-hybridized carbons (Fsp3) is 0.273. The molecular weight excluding hydrogens is 402 g/mol. The van der Waals surface area contributed by atoms with Gasteiger partial charge in [0.1, 0.15) is 11.2 Å². The molecule has 1 N–H and O–H groups in total. The molecule has 1 saturated heterocycles. The summed E-state index contributed by atoms with van der Waals surface area (Å²) in [5.41, 5.74) is 3.28. The normalized spacial score (nSPS) is 15.0. The van der Waals surface area contributed by atoms with E-state index in [0.29, 0.717) is 41.5 Å². The smallest absolute Gasteiger partial charge is 0.262 e. The Bertz CT molecular complexity index is 1240. The minimum absolute atomic E-state index is 0.171. The molecule has 0 radical (unpaired) electrons. The summed E-state index contributed by atoms with van der Waals surface area (Å²) in [7, 11) is 0. The van der Waals surface area contributed by atoms with Crippen LogP contribution in [0.3, 0.4) is 0 Å². The summed E-state index contributed by atoms with van der Waals surface area (Å²) in [6.45, 7) is 1.40. The SMILES string of the molecule is O=c1[nH]c(Cc2ccccc2-c2ccc(Cl)cn2)nc2c1cnn2C1CCOCC1. The summed E-state index contributed by atoms with van der Waals surface area (Å²) >= 11 is 5.98. The molecule has 1 aliphatic rings. The largest absolute Gasteiger partial charge is 0.381 e. The number of halogens is 1. The van der Waals surface area contributed by atoms with Crippen LogP contribution in [0.25, 0.3) is 22.3 Å². The maximum atomic E-state index is 12.7. The number of nitrogens with one attached hydrogen (secondary N) is 1. The molecule has 1 fully saturated rings. The topological polar surface area (TPSA) is 85.7 Å². The van der Waals surface area contributed by atoms with Gasteiger partial charge in [0.15, 0.2) is 5.65 Å². The van der Waals surface area contributed by atoms with Gasteiger partial charge in [0.2, 0.25) is 0 Å². The number of H-pyrrole nitrogens is 1. The number of pyridine rings is 1. The molecule has 0 bridgehead atoms. The summed E-state index contributed by atoms with van der Waals surface area (Å²) in [5, 5.41) is 5.56. The predicted molar refractivity (Wildman–Crippen MR) is 115 cm³/mol. The third-order valence-electron chi connectivity index (χ3n) is 5.43. The van der Waals surface area contributed by atoms with Crippen LogP contribution >= 0.6 is 11.6 Å². The van der Waals surface area contributed by atoms with Gasteiger partial charge in [0.25, 0.3) is 5.56 Å². The van der Waals surface area contributed by atoms with E-state index in [-0.39, 0.29) is 11.6 Å². The number of aromatic amines is 1. The van der Waals surface area contributed by atoms with Crippen molar-refractivity contribution in [1.29, 1.82) is 0 Å². The summed E-state index contributed by atoms with van der Waals surface area (Å²) in [6.07, 6.45) is 5.44. The Morgan fingerprint density at radius 2 is 1.97 bits per heavy atom. The Balaban J connectivity index is 1.53. The van der Waals surface area contributed by atoms with Gasteiger partial charge in [-0.15, -0.1) is 0 Å². The highest BCUT2D eigenvalue weighted by Gasteiger charge is 2.21. The highest BCUT2D eigenvalue weighted by Crippen LogP contribution is 2.26. The zero-order valence-corrected chi connectivity index (χ0v) is 17.0. The van der Waals surface area contributed by atoms with Crippen LogP contribution in [0.15, 0.2) is 53.6 Å². The van der Waals surface area contributed by atoms with Crippen molar-refractivity contribution in [3.63, 3.8) is 0 Å². The third kappa shape index (κ3) is 3.62. The lowest BCUT2D eigenvalue weighted by Crippen LogP contribution is -2.21. The maximum absolute atomic E-state index is 12.7. The average molecular weight is 422 g/mol. The molecule has 30 heavy (non-hydrogen) atoms. The molecule has 0 aliphatic carbocycles. The van der Waals surface area contributed by atoms with Crippen molar-refractivity contribution in [1.82, 2.24) is 24.7 Å². The van der Waals surface area contributed by atoms with Crippen molar-refractivity contribution in [2.45, 2.75) is 25.3 Å². The molecule has 7 nitrogen and oxygen atoms in total. The second-order valence-corrected chi connectivity index (χ2v) is 7.81. The minimum Gasteiger partial charge on any atom is -0.381 e. The highest BCUT2D eigenvalue weighted by molar-refractivity contribution is 6.30. The first kappa shape index (κ1) is 19.0. The van der Waals surface area contributed by atoms with Crippen molar-refractivity contribution < 1.29 is 4.74 Å². The van der Waals surface area contributed by atoms with Crippen LogP contribution in [0.5, 0.6) is 0 Å². The predicted octanol–water partition coefficient (Wildman–Crippen LogP) is 3.78. The first-order valence-electron chi connectivity index (χ1n) is 9.93. The molecule has 0 spiro atoms. The van der Waals surface area contributed by atoms with E-state index in [9.17, 15) is 4.79 Å². The highest BCUT2D eigenvalue weighted by atomic mass is 35.5. The van der Waals surface area contributed by atoms with Gasteiger partial charge in [-0.05, 0) is 30.5 Å². The number of benzene rings is 1. The van der Waals surface area contributed by atoms with Gasteiger partial charge in [-0.2, -0.15) is 5.10 Å². The molecule has 0 saturated carbocycles. The van der Waals surface area contributed by atoms with Gasteiger partial charge < -0.3 is 9.72 Å². The van der Waals surface area contributed by atoms with Gasteiger partial charge in [-0.3, -0.25) is 9.78 Å². The summed E-state index contributed by atoms with van der Waals surface area (Å²) in [4.78, 5) is 24.8. The Hall–Kier alpha value is -3.03. The van der Waals surface area contributed by atoms with Crippen molar-refractivity contribution in [3.8, 4) is 11.3 Å². The van der Waals surface area contributed by atoms with Crippen LogP contribution in [0.1, 0.15) is 30.3 Å². The maximum Gasteiger partial charge on any atom is 0.262 e. The van der Waals surface area contributed by atoms with E-state index in [1.165, 1.54) is 0 Å². The molecule has 4 heterocycles. The first-order chi connectivity index (χ1) is 14.7. The minimum atomic E-state index is -0.171. The molecule has 3 aromatic heterocycles. The van der Waals surface area contributed by atoms with E-state index in [0.717, 1.165) is 29.7 Å². The average Bonchev–Trinajstić information content (AvgIpc) is 3.20. The van der Waals surface area contributed by atoms with E-state index >= 15 is 0 Å². The summed E-state index contributed by atoms with van der Waals surface area (Å²) in [5.74, 6) is 0.600. The van der Waals surface area contributed by atoms with E-state index < -0.39 is 0 Å². The van der Waals surface area contributed by atoms with Crippen LogP contribution in [-0.2, 0) is 11.2 Å². The Kier molecular flexibility index (Phi) is 5.06. The van der Waals surface area contributed by atoms with Gasteiger partial charge in [0, 0.05) is 31.4 Å². The monoisotopic (exact) mass is 421 g/mol. The lowest BCUT2D eigenvalue weighted by molar-refractivity contribution is 0.0673. The fourth-order valence-corrected chi connectivity index (χ4v) is 4.01. The molecule has 1 aliphatic heterocycles. The molecule has 1 aromatic carbocycles. The number of rotatable bonds is 4. The molecule has 0 amide bonds. The molecule has 152 valence electrons. The molecular formula is C22H20ClN5O2. The van der Waals surface area contributed by atoms with Crippen LogP contribution < -0.4 is 5.56 Å². The van der Waals surface area contributed by atoms with Crippen LogP contribution in [0, 0.1) is 0 Å². The van der Waals surface area contributed by atoms with Crippen LogP contribution in [0.2, 0.25) is 5.02 Å². The lowest BCUT2D eigenvalue weighted by atomic mass is 10.0. The third-order valence-corrected chi connectivity index (χ3v) is 5.65. The van der Waals surface area contributed by atoms with Crippen LogP contribution in [-0.4, -0.2) is 37.9 Å². The van der Waals surface area contributed by atoms with Gasteiger partial charge >= 0.3 is 0 Å². The standard InChI is InChI=1S/C22H20ClN5O2/c23-15-5-6-19(24-12-15)17-4-2-1-3-14(17)11-20-26-21-18(22(29)27-20)13-25-28(21)16-7-9-30-10-8-16/h1-6,12-13,16H,7-11H2,(H,26,27,29). The zero-order valence-electron chi connectivity index (χ0n) is 16.2. The van der Waals surface area contributed by atoms with E-state index in [1.54, 1.807) is 12.4 Å². The van der Waals surface area contributed by atoms with Crippen molar-refractivity contribution in [3.05, 3.63) is 75.6 Å². The summed E-state index contributed by atoms with van der Waals surface area (Å²) < 4.78 is 7.33. The first-order valence-corrected chi connectivity index (χ1v) is 10.3. The van der Waals surface area contributed by atoms with Crippen molar-refractivity contribution >= 4 is 22.6 Å². The Morgan fingerprint density at radius 3 is 2.77 bits per heavy atom. The number of hydrogen-bond donors (Lipinski definition) is 1. The Morgan fingerprint density at radius 1 is 1.13 bits per heavy atom. The number of nitrogens with zero attached hydrogens (tertiary/aromatic N) is 4. The molecule has 0 unspecified atom stereocenters. The number of hydrogen-bond acceptors (Lipinski definition) is 5. The molecule has 0 atom stereocenters. The van der Waals surface area contributed by atoms with Gasteiger partial charge in [-0.25, -0.2) is 9.67 Å². The van der Waals surface area contributed by atoms with Crippen molar-refractivity contribution in [2.24, 2.45) is 0 Å². The van der Waals surface area contributed by atoms with Crippen LogP contribution in [0.4, 0.5) is 0 Å². The van der Waals surface area contributed by atoms with E-state index in [4.69, 9.17) is 21.3 Å². The fourth-order valence-electron chi connectivity index (χ4n) is 3.90. The zero-order chi connectivity index (χ0) is 20.5. The Labute approximate surface area is 177 Å². The quantitative estimate of drug-likeness (QED) is 0.542. The lowest BCUT2D eigenvalue weighted by Gasteiger charge is -2.22. The summed E-state index contributed by atoms with van der Waals surface area (Å²) in [6, 6.07) is 11.9. The molecule has 8 heteroatoms.